The maximum atomic E-state index is 13.0. The number of fused-ring (bicyclic) bond motifs is 2. The summed E-state index contributed by atoms with van der Waals surface area (Å²) in [6.07, 6.45) is 12.8. The van der Waals surface area contributed by atoms with E-state index in [9.17, 15) is 15.0 Å². The number of aromatic nitrogens is 3. The lowest BCUT2D eigenvalue weighted by atomic mass is 9.45. The number of aliphatic hydroxyl groups is 2. The Morgan fingerprint density at radius 3 is 2.79 bits per heavy atom. The van der Waals surface area contributed by atoms with E-state index in [4.69, 9.17) is 15.2 Å². The van der Waals surface area contributed by atoms with Crippen molar-refractivity contribution >= 4 is 29.0 Å². The molecular formula is C32H41N5O5. The van der Waals surface area contributed by atoms with Crippen LogP contribution in [-0.4, -0.2) is 80.7 Å². The van der Waals surface area contributed by atoms with Crippen LogP contribution in [0.1, 0.15) is 38.7 Å². The van der Waals surface area contributed by atoms with Crippen LogP contribution in [0.2, 0.25) is 0 Å². The average Bonchev–Trinajstić information content (AvgIpc) is 3.48. The molecule has 4 aliphatic rings. The zero-order valence-corrected chi connectivity index (χ0v) is 24.6. The lowest BCUT2D eigenvalue weighted by Crippen LogP contribution is -2.61. The van der Waals surface area contributed by atoms with E-state index >= 15 is 0 Å². The molecule has 0 radical (unpaired) electrons. The fourth-order valence-electron chi connectivity index (χ4n) is 7.95. The first-order valence-corrected chi connectivity index (χ1v) is 14.8. The molecule has 224 valence electrons. The molecule has 4 heterocycles. The molecule has 42 heavy (non-hydrogen) atoms. The van der Waals surface area contributed by atoms with Gasteiger partial charge in [-0.2, -0.15) is 4.98 Å². The van der Waals surface area contributed by atoms with Gasteiger partial charge in [-0.1, -0.05) is 38.2 Å². The van der Waals surface area contributed by atoms with Crippen molar-refractivity contribution in [3.05, 3.63) is 59.7 Å². The van der Waals surface area contributed by atoms with E-state index in [1.54, 1.807) is 18.3 Å². The van der Waals surface area contributed by atoms with Crippen LogP contribution in [0, 0.1) is 22.7 Å². The smallest absolute Gasteiger partial charge is 0.343 e. The molecule has 4 N–H and O–H groups in total. The van der Waals surface area contributed by atoms with E-state index in [2.05, 4.69) is 34.4 Å². The molecule has 0 bridgehead atoms. The minimum Gasteiger partial charge on any atom is -0.423 e. The molecule has 0 aromatic carbocycles. The van der Waals surface area contributed by atoms with E-state index in [-0.39, 0.29) is 35.8 Å². The summed E-state index contributed by atoms with van der Waals surface area (Å²) >= 11 is 0. The second-order valence-corrected chi connectivity index (χ2v) is 12.8. The number of cyclic esters (lactones) is 1. The van der Waals surface area contributed by atoms with E-state index in [1.807, 2.05) is 30.8 Å². The minimum absolute atomic E-state index is 0.0510. The largest absolute Gasteiger partial charge is 0.423 e. The Morgan fingerprint density at radius 2 is 2.05 bits per heavy atom. The number of hydrogen-bond acceptors (Lipinski definition) is 9. The molecule has 3 fully saturated rings. The van der Waals surface area contributed by atoms with Crippen LogP contribution in [0.4, 0.5) is 5.95 Å². The Morgan fingerprint density at radius 1 is 1.29 bits per heavy atom. The number of anilines is 1. The van der Waals surface area contributed by atoms with Gasteiger partial charge in [0.2, 0.25) is 5.95 Å². The number of allylic oxidation sites excluding steroid dienone is 2. The van der Waals surface area contributed by atoms with Crippen LogP contribution in [0.25, 0.3) is 17.1 Å². The monoisotopic (exact) mass is 575 g/mol. The first kappa shape index (κ1) is 28.8. The summed E-state index contributed by atoms with van der Waals surface area (Å²) in [6.45, 7) is 11.8. The molecule has 6 rings (SSSR count). The fraction of sp³-hybridized carbons (Fsp3) is 0.531. The second-order valence-electron chi connectivity index (χ2n) is 12.8. The van der Waals surface area contributed by atoms with Crippen LogP contribution in [0.3, 0.4) is 0 Å². The van der Waals surface area contributed by atoms with E-state index in [0.29, 0.717) is 36.6 Å². The van der Waals surface area contributed by atoms with Crippen LogP contribution in [0.15, 0.2) is 54.1 Å². The summed E-state index contributed by atoms with van der Waals surface area (Å²) < 4.78 is 13.1. The molecule has 6 atom stereocenters. The average molecular weight is 576 g/mol. The standard InChI is InChI=1S/C32H41N5O5/c1-19-24(31(2)8-7-27(39)32(3,18-38)26(31)15-25(19)37-9-11-41-12-10-37)6-5-20-13-22(42-29(20)40)14-21-17-36(4)28-23(21)16-34-30(33)35-28/h5-6,13-14,16-17,24-27,38-39H,1,7-12,15,18H2,2-4H3,(H2,33,34,35)/b6-5+,22-14+/t24?,25?,26?,27-,31-,32+/m1/s1. The molecule has 10 heteroatoms. The highest BCUT2D eigenvalue weighted by Gasteiger charge is 2.59. The van der Waals surface area contributed by atoms with Crippen molar-refractivity contribution in [2.24, 2.45) is 29.7 Å². The van der Waals surface area contributed by atoms with Gasteiger partial charge in [0.05, 0.1) is 31.5 Å². The van der Waals surface area contributed by atoms with Gasteiger partial charge in [0.15, 0.2) is 0 Å². The van der Waals surface area contributed by atoms with Crippen LogP contribution < -0.4 is 5.73 Å². The van der Waals surface area contributed by atoms with Crippen molar-refractivity contribution in [3.63, 3.8) is 0 Å². The topological polar surface area (TPSA) is 136 Å². The van der Waals surface area contributed by atoms with E-state index < -0.39 is 17.5 Å². The fourth-order valence-corrected chi connectivity index (χ4v) is 7.95. The highest BCUT2D eigenvalue weighted by molar-refractivity contribution is 5.97. The van der Waals surface area contributed by atoms with Gasteiger partial charge in [0.25, 0.3) is 0 Å². The van der Waals surface area contributed by atoms with Gasteiger partial charge in [0.1, 0.15) is 11.4 Å². The van der Waals surface area contributed by atoms with Crippen LogP contribution in [0.5, 0.6) is 0 Å². The summed E-state index contributed by atoms with van der Waals surface area (Å²) in [5.41, 5.74) is 7.99. The van der Waals surface area contributed by atoms with E-state index in [0.717, 1.165) is 42.5 Å². The van der Waals surface area contributed by atoms with Gasteiger partial charge in [-0.15, -0.1) is 0 Å². The molecule has 2 aliphatic heterocycles. The third-order valence-electron chi connectivity index (χ3n) is 10.4. The van der Waals surface area contributed by atoms with Gasteiger partial charge in [-0.25, -0.2) is 9.78 Å². The Kier molecular flexibility index (Phi) is 7.37. The number of hydrogen-bond donors (Lipinski definition) is 3. The Hall–Kier alpha value is -3.31. The van der Waals surface area contributed by atoms with Crippen molar-refractivity contribution in [1.82, 2.24) is 19.4 Å². The number of nitrogens with zero attached hydrogens (tertiary/aromatic N) is 4. The molecule has 0 amide bonds. The first-order chi connectivity index (χ1) is 20.0. The third kappa shape index (κ3) is 4.70. The zero-order chi connectivity index (χ0) is 29.8. The Labute approximate surface area is 246 Å². The van der Waals surface area contributed by atoms with Crippen LogP contribution >= 0.6 is 0 Å². The molecule has 2 saturated carbocycles. The Balaban J connectivity index is 1.33. The number of ether oxygens (including phenoxy) is 2. The predicted molar refractivity (Wildman–Crippen MR) is 160 cm³/mol. The van der Waals surface area contributed by atoms with Gasteiger partial charge < -0.3 is 30.0 Å². The third-order valence-corrected chi connectivity index (χ3v) is 10.4. The maximum absolute atomic E-state index is 13.0. The van der Waals surface area contributed by atoms with Gasteiger partial charge in [-0.05, 0) is 42.7 Å². The number of aryl methyl sites for hydroxylation is 1. The minimum atomic E-state index is -0.626. The SMILES string of the molecule is C=C1C(N2CCOCC2)CC2[C@](C)(CC[C@@H](O)[C@@]2(C)CO)C1/C=C/C1=CC(=C\c2cn(C)c3nc(N)ncc23)/OC1=O. The summed E-state index contributed by atoms with van der Waals surface area (Å²) in [4.78, 5) is 23.8. The molecule has 3 unspecified atom stereocenters. The maximum Gasteiger partial charge on any atom is 0.343 e. The molecular weight excluding hydrogens is 534 g/mol. The molecule has 10 nitrogen and oxygen atoms in total. The number of esters is 1. The van der Waals surface area contributed by atoms with E-state index in [1.165, 1.54) is 0 Å². The van der Waals surface area contributed by atoms with Gasteiger partial charge in [0, 0.05) is 60.9 Å². The molecule has 1 saturated heterocycles. The summed E-state index contributed by atoms with van der Waals surface area (Å²) in [7, 11) is 1.88. The number of carbonyl (C=O) groups is 1. The van der Waals surface area contributed by atoms with Gasteiger partial charge >= 0.3 is 5.97 Å². The molecule has 2 aromatic heterocycles. The molecule has 2 aliphatic carbocycles. The van der Waals surface area contributed by atoms with Crippen LogP contribution in [-0.2, 0) is 21.3 Å². The highest BCUT2D eigenvalue weighted by Crippen LogP contribution is 2.62. The lowest BCUT2D eigenvalue weighted by Gasteiger charge is -2.62. The highest BCUT2D eigenvalue weighted by atomic mass is 16.5. The van der Waals surface area contributed by atoms with Gasteiger partial charge in [-0.3, -0.25) is 4.90 Å². The van der Waals surface area contributed by atoms with Crippen molar-refractivity contribution in [3.8, 4) is 0 Å². The normalized spacial score (nSPS) is 35.2. The van der Waals surface area contributed by atoms with Crippen molar-refractivity contribution < 1.29 is 24.5 Å². The number of rotatable bonds is 5. The second kappa shape index (κ2) is 10.8. The zero-order valence-electron chi connectivity index (χ0n) is 24.6. The lowest BCUT2D eigenvalue weighted by molar-refractivity contribution is -0.156. The summed E-state index contributed by atoms with van der Waals surface area (Å²) in [6, 6.07) is 0.0976. The quantitative estimate of drug-likeness (QED) is 0.363. The number of nitrogen functional groups attached to an aromatic ring is 1. The number of aliphatic hydroxyl groups excluding tert-OH is 2. The van der Waals surface area contributed by atoms with Crippen molar-refractivity contribution in [1.29, 1.82) is 0 Å². The summed E-state index contributed by atoms with van der Waals surface area (Å²) in [5.74, 6) is 0.241. The van der Waals surface area contributed by atoms with Crippen molar-refractivity contribution in [2.45, 2.75) is 45.3 Å². The first-order valence-electron chi connectivity index (χ1n) is 14.8. The number of morpholine rings is 1. The predicted octanol–water partition coefficient (Wildman–Crippen LogP) is 2.98. The number of carbonyl (C=O) groups excluding carboxylic acids is 1. The molecule has 2 aromatic rings. The number of nitrogens with two attached hydrogens (primary N) is 1. The summed E-state index contributed by atoms with van der Waals surface area (Å²) in [5, 5.41) is 22.4. The molecule has 0 spiro atoms. The van der Waals surface area contributed by atoms with Crippen molar-refractivity contribution in [2.75, 3.05) is 38.6 Å². The Bertz CT molecular complexity index is 1500.